The summed E-state index contributed by atoms with van der Waals surface area (Å²) in [5.41, 5.74) is 1.43. The van der Waals surface area contributed by atoms with E-state index in [1.807, 2.05) is 24.3 Å². The minimum absolute atomic E-state index is 0.0910. The zero-order chi connectivity index (χ0) is 24.8. The highest BCUT2D eigenvalue weighted by Crippen LogP contribution is 2.30. The second kappa shape index (κ2) is 11.5. The maximum absolute atomic E-state index is 13.8. The lowest BCUT2D eigenvalue weighted by atomic mass is 9.83. The molecule has 1 aromatic heterocycles. The maximum Gasteiger partial charge on any atom is 0.247 e. The van der Waals surface area contributed by atoms with Crippen LogP contribution in [0.15, 0.2) is 36.7 Å². The first-order valence-corrected chi connectivity index (χ1v) is 12.7. The SMILES string of the molecule is CNC(C)C(=O)NC(C(=O)N1CCCC1C(=O)Nc1ccccc1-c1ncc[nH]1)C1CCCCC1. The van der Waals surface area contributed by atoms with Gasteiger partial charge in [0.1, 0.15) is 17.9 Å². The van der Waals surface area contributed by atoms with Crippen LogP contribution in [0, 0.1) is 5.92 Å². The van der Waals surface area contributed by atoms with E-state index in [-0.39, 0.29) is 23.6 Å². The summed E-state index contributed by atoms with van der Waals surface area (Å²) < 4.78 is 0. The van der Waals surface area contributed by atoms with Crippen LogP contribution >= 0.6 is 0 Å². The Hall–Kier alpha value is -3.20. The van der Waals surface area contributed by atoms with E-state index in [4.69, 9.17) is 0 Å². The molecule has 0 bridgehead atoms. The molecule has 2 heterocycles. The number of hydrogen-bond acceptors (Lipinski definition) is 5. The minimum atomic E-state index is -0.609. The number of nitrogens with zero attached hydrogens (tertiary/aromatic N) is 2. The number of carbonyl (C=O) groups is 3. The molecule has 9 nitrogen and oxygen atoms in total. The molecular weight excluding hydrogens is 444 g/mol. The third kappa shape index (κ3) is 5.73. The first-order valence-electron chi connectivity index (χ1n) is 12.7. The number of likely N-dealkylation sites (N-methyl/N-ethyl adjacent to an activating group) is 1. The summed E-state index contributed by atoms with van der Waals surface area (Å²) in [6.07, 6.45) is 9.83. The molecule has 3 atom stereocenters. The van der Waals surface area contributed by atoms with Gasteiger partial charge in [0.05, 0.1) is 11.7 Å². The van der Waals surface area contributed by atoms with Crippen molar-refractivity contribution in [2.24, 2.45) is 5.92 Å². The van der Waals surface area contributed by atoms with Crippen molar-refractivity contribution in [3.63, 3.8) is 0 Å². The Bertz CT molecular complexity index is 1020. The quantitative estimate of drug-likeness (QED) is 0.463. The van der Waals surface area contributed by atoms with E-state index in [9.17, 15) is 14.4 Å². The first kappa shape index (κ1) is 24.9. The van der Waals surface area contributed by atoms with Crippen LogP contribution < -0.4 is 16.0 Å². The summed E-state index contributed by atoms with van der Waals surface area (Å²) >= 11 is 0. The van der Waals surface area contributed by atoms with E-state index in [1.165, 1.54) is 0 Å². The van der Waals surface area contributed by atoms with Crippen LogP contribution in [0.5, 0.6) is 0 Å². The van der Waals surface area contributed by atoms with Gasteiger partial charge in [-0.25, -0.2) is 4.98 Å². The lowest BCUT2D eigenvalue weighted by molar-refractivity contribution is -0.142. The fourth-order valence-corrected chi connectivity index (χ4v) is 5.17. The number of hydrogen-bond donors (Lipinski definition) is 4. The second-order valence-electron chi connectivity index (χ2n) is 9.56. The van der Waals surface area contributed by atoms with Crippen LogP contribution in [0.3, 0.4) is 0 Å². The van der Waals surface area contributed by atoms with Gasteiger partial charge < -0.3 is 25.8 Å². The Morgan fingerprint density at radius 3 is 2.57 bits per heavy atom. The highest BCUT2D eigenvalue weighted by atomic mass is 16.2. The Morgan fingerprint density at radius 2 is 1.86 bits per heavy atom. The largest absolute Gasteiger partial charge is 0.345 e. The van der Waals surface area contributed by atoms with Crippen molar-refractivity contribution in [3.05, 3.63) is 36.7 Å². The minimum Gasteiger partial charge on any atom is -0.345 e. The molecule has 3 unspecified atom stereocenters. The summed E-state index contributed by atoms with van der Waals surface area (Å²) in [5.74, 6) is 0.203. The molecule has 1 aliphatic heterocycles. The number of nitrogens with one attached hydrogen (secondary N) is 4. The highest BCUT2D eigenvalue weighted by molar-refractivity contribution is 6.01. The average molecular weight is 481 g/mol. The van der Waals surface area contributed by atoms with E-state index in [0.717, 1.165) is 44.1 Å². The molecule has 1 saturated heterocycles. The summed E-state index contributed by atoms with van der Waals surface area (Å²) in [4.78, 5) is 49.0. The molecule has 0 radical (unpaired) electrons. The van der Waals surface area contributed by atoms with Gasteiger partial charge in [0.15, 0.2) is 0 Å². The molecule has 2 aromatic rings. The fraction of sp³-hybridized carbons (Fsp3) is 0.538. The molecule has 1 aliphatic carbocycles. The number of imidazole rings is 1. The number of benzene rings is 1. The Balaban J connectivity index is 1.51. The van der Waals surface area contributed by atoms with Crippen LogP contribution in [0.1, 0.15) is 51.9 Å². The van der Waals surface area contributed by atoms with E-state index >= 15 is 0 Å². The Labute approximate surface area is 206 Å². The highest BCUT2D eigenvalue weighted by Gasteiger charge is 2.41. The number of amides is 3. The number of para-hydroxylation sites is 1. The summed E-state index contributed by atoms with van der Waals surface area (Å²) in [7, 11) is 1.73. The average Bonchev–Trinajstić information content (AvgIpc) is 3.60. The number of carbonyl (C=O) groups excluding carboxylic acids is 3. The maximum atomic E-state index is 13.8. The van der Waals surface area contributed by atoms with Gasteiger partial charge in [0.25, 0.3) is 0 Å². The fourth-order valence-electron chi connectivity index (χ4n) is 5.17. The lowest BCUT2D eigenvalue weighted by Gasteiger charge is -2.35. The van der Waals surface area contributed by atoms with E-state index < -0.39 is 18.1 Å². The zero-order valence-electron chi connectivity index (χ0n) is 20.5. The Morgan fingerprint density at radius 1 is 1.09 bits per heavy atom. The number of anilines is 1. The zero-order valence-corrected chi connectivity index (χ0v) is 20.5. The van der Waals surface area contributed by atoms with Gasteiger partial charge in [-0.15, -0.1) is 0 Å². The smallest absolute Gasteiger partial charge is 0.247 e. The van der Waals surface area contributed by atoms with Crippen LogP contribution in [-0.2, 0) is 14.4 Å². The molecular formula is C26H36N6O3. The third-order valence-corrected chi connectivity index (χ3v) is 7.29. The molecule has 2 aliphatic rings. The second-order valence-corrected chi connectivity index (χ2v) is 9.56. The van der Waals surface area contributed by atoms with Gasteiger partial charge in [0.2, 0.25) is 17.7 Å². The third-order valence-electron chi connectivity index (χ3n) is 7.29. The first-order chi connectivity index (χ1) is 17.0. The van der Waals surface area contributed by atoms with Crippen molar-refractivity contribution >= 4 is 23.4 Å². The molecule has 35 heavy (non-hydrogen) atoms. The van der Waals surface area contributed by atoms with Gasteiger partial charge in [-0.05, 0) is 57.7 Å². The molecule has 3 amide bonds. The van der Waals surface area contributed by atoms with Gasteiger partial charge in [-0.3, -0.25) is 14.4 Å². The normalized spacial score (nSPS) is 20.3. The predicted octanol–water partition coefficient (Wildman–Crippen LogP) is 2.68. The van der Waals surface area contributed by atoms with Gasteiger partial charge >= 0.3 is 0 Å². The standard InChI is InChI=1S/C26H36N6O3/c1-17(27-2)24(33)31-22(18-9-4-3-5-10-18)26(35)32-16-8-13-21(32)25(34)30-20-12-7-6-11-19(20)23-28-14-15-29-23/h6-7,11-12,14-15,17-18,21-22,27H,3-5,8-10,13,16H2,1-2H3,(H,28,29)(H,30,34)(H,31,33). The van der Waals surface area contributed by atoms with Crippen LogP contribution in [-0.4, -0.2) is 64.3 Å². The van der Waals surface area contributed by atoms with Crippen molar-refractivity contribution in [1.82, 2.24) is 25.5 Å². The van der Waals surface area contributed by atoms with Crippen molar-refractivity contribution < 1.29 is 14.4 Å². The van der Waals surface area contributed by atoms with E-state index in [1.54, 1.807) is 31.3 Å². The molecule has 9 heteroatoms. The number of H-pyrrole nitrogens is 1. The lowest BCUT2D eigenvalue weighted by Crippen LogP contribution is -2.57. The topological polar surface area (TPSA) is 119 Å². The van der Waals surface area contributed by atoms with E-state index in [2.05, 4.69) is 25.9 Å². The van der Waals surface area contributed by atoms with Crippen LogP contribution in [0.2, 0.25) is 0 Å². The van der Waals surface area contributed by atoms with E-state index in [0.29, 0.717) is 24.5 Å². The van der Waals surface area contributed by atoms with Gasteiger partial charge in [-0.2, -0.15) is 0 Å². The molecule has 188 valence electrons. The molecule has 0 spiro atoms. The van der Waals surface area contributed by atoms with Crippen molar-refractivity contribution in [1.29, 1.82) is 0 Å². The van der Waals surface area contributed by atoms with Crippen molar-refractivity contribution in [2.45, 2.75) is 70.0 Å². The summed E-state index contributed by atoms with van der Waals surface area (Å²) in [6.45, 7) is 2.29. The number of rotatable bonds is 8. The predicted molar refractivity (Wildman–Crippen MR) is 134 cm³/mol. The summed E-state index contributed by atoms with van der Waals surface area (Å²) in [5, 5.41) is 8.98. The molecule has 1 saturated carbocycles. The molecule has 4 rings (SSSR count). The number of likely N-dealkylation sites (tertiary alicyclic amines) is 1. The van der Waals surface area contributed by atoms with Crippen LogP contribution in [0.25, 0.3) is 11.4 Å². The van der Waals surface area contributed by atoms with Crippen molar-refractivity contribution in [3.8, 4) is 11.4 Å². The summed E-state index contributed by atoms with van der Waals surface area (Å²) in [6, 6.07) is 5.90. The number of aromatic amines is 1. The van der Waals surface area contributed by atoms with Gasteiger partial charge in [-0.1, -0.05) is 31.4 Å². The molecule has 1 aromatic carbocycles. The van der Waals surface area contributed by atoms with Gasteiger partial charge in [0, 0.05) is 24.5 Å². The van der Waals surface area contributed by atoms with Crippen LogP contribution in [0.4, 0.5) is 5.69 Å². The molecule has 2 fully saturated rings. The Kier molecular flexibility index (Phi) is 8.17. The number of aromatic nitrogens is 2. The monoisotopic (exact) mass is 480 g/mol. The van der Waals surface area contributed by atoms with Crippen molar-refractivity contribution in [2.75, 3.05) is 18.9 Å². The molecule has 4 N–H and O–H groups in total.